The van der Waals surface area contributed by atoms with Crippen LogP contribution in [-0.4, -0.2) is 25.7 Å². The Bertz CT molecular complexity index is 427. The largest absolute Gasteiger partial charge is 0.371 e. The number of fused-ring (bicyclic) bond motifs is 1. The van der Waals surface area contributed by atoms with E-state index in [0.29, 0.717) is 6.04 Å². The van der Waals surface area contributed by atoms with Gasteiger partial charge in [0.2, 0.25) is 0 Å². The first-order valence-electron chi connectivity index (χ1n) is 7.97. The smallest absolute Gasteiger partial charge is 0.0369 e. The van der Waals surface area contributed by atoms with E-state index in [1.807, 2.05) is 0 Å². The van der Waals surface area contributed by atoms with Crippen molar-refractivity contribution >= 4 is 5.69 Å². The van der Waals surface area contributed by atoms with E-state index in [1.54, 1.807) is 11.1 Å². The molecule has 0 saturated carbocycles. The second-order valence-electron chi connectivity index (χ2n) is 6.00. The van der Waals surface area contributed by atoms with Gasteiger partial charge in [-0.3, -0.25) is 0 Å². The molecular formula is C17H26N2. The molecule has 2 nitrogen and oxygen atoms in total. The van der Waals surface area contributed by atoms with E-state index in [9.17, 15) is 0 Å². The highest BCUT2D eigenvalue weighted by Gasteiger charge is 2.16. The van der Waals surface area contributed by atoms with Gasteiger partial charge in [-0.05, 0) is 68.3 Å². The minimum absolute atomic E-state index is 0.706. The van der Waals surface area contributed by atoms with Crippen molar-refractivity contribution in [1.82, 2.24) is 5.32 Å². The molecule has 1 atom stereocenters. The molecule has 1 aromatic rings. The van der Waals surface area contributed by atoms with Gasteiger partial charge < -0.3 is 10.2 Å². The summed E-state index contributed by atoms with van der Waals surface area (Å²) in [6.07, 6.45) is 7.70. The molecule has 0 aromatic heterocycles. The Balaban J connectivity index is 1.73. The SMILES string of the molecule is CCC1CCN(c2ccc3c(c2)CCC3)CCCN1. The van der Waals surface area contributed by atoms with Crippen LogP contribution in [0, 0.1) is 0 Å². The van der Waals surface area contributed by atoms with E-state index in [0.717, 1.165) is 0 Å². The maximum atomic E-state index is 3.66. The summed E-state index contributed by atoms with van der Waals surface area (Å²) in [7, 11) is 0. The third kappa shape index (κ3) is 2.94. The first kappa shape index (κ1) is 13.0. The van der Waals surface area contributed by atoms with Gasteiger partial charge in [0.25, 0.3) is 0 Å². The average molecular weight is 258 g/mol. The van der Waals surface area contributed by atoms with Crippen molar-refractivity contribution < 1.29 is 0 Å². The number of nitrogens with one attached hydrogen (secondary N) is 1. The van der Waals surface area contributed by atoms with Gasteiger partial charge in [-0.15, -0.1) is 0 Å². The Morgan fingerprint density at radius 3 is 2.95 bits per heavy atom. The molecule has 1 aliphatic carbocycles. The summed E-state index contributed by atoms with van der Waals surface area (Å²) < 4.78 is 0. The minimum atomic E-state index is 0.706. The van der Waals surface area contributed by atoms with Crippen molar-refractivity contribution in [2.24, 2.45) is 0 Å². The molecule has 1 fully saturated rings. The lowest BCUT2D eigenvalue weighted by molar-refractivity contribution is 0.439. The van der Waals surface area contributed by atoms with Crippen LogP contribution in [0.5, 0.6) is 0 Å². The fraction of sp³-hybridized carbons (Fsp3) is 0.647. The molecule has 1 heterocycles. The summed E-state index contributed by atoms with van der Waals surface area (Å²) in [5.74, 6) is 0. The van der Waals surface area contributed by atoms with Gasteiger partial charge >= 0.3 is 0 Å². The van der Waals surface area contributed by atoms with Gasteiger partial charge in [-0.2, -0.15) is 0 Å². The first-order valence-corrected chi connectivity index (χ1v) is 7.97. The second kappa shape index (κ2) is 5.96. The van der Waals surface area contributed by atoms with Crippen LogP contribution in [0.15, 0.2) is 18.2 Å². The van der Waals surface area contributed by atoms with Crippen LogP contribution < -0.4 is 10.2 Å². The maximum absolute atomic E-state index is 3.66. The number of aryl methyl sites for hydroxylation is 2. The third-order valence-electron chi connectivity index (χ3n) is 4.73. The zero-order valence-electron chi connectivity index (χ0n) is 12.1. The lowest BCUT2D eigenvalue weighted by Crippen LogP contribution is -2.39. The van der Waals surface area contributed by atoms with Crippen LogP contribution in [0.4, 0.5) is 5.69 Å². The Morgan fingerprint density at radius 1 is 1.16 bits per heavy atom. The molecule has 0 radical (unpaired) electrons. The lowest BCUT2D eigenvalue weighted by Gasteiger charge is -2.31. The molecule has 0 spiro atoms. The van der Waals surface area contributed by atoms with Crippen LogP contribution in [0.1, 0.15) is 43.7 Å². The standard InChI is InChI=1S/C17H26N2/c1-2-16-9-12-19(11-4-10-18-16)17-8-7-14-5-3-6-15(14)13-17/h7-8,13,16,18H,2-6,9-12H2,1H3. The summed E-state index contributed by atoms with van der Waals surface area (Å²) in [5, 5.41) is 3.66. The summed E-state index contributed by atoms with van der Waals surface area (Å²) in [6, 6.07) is 7.88. The van der Waals surface area contributed by atoms with Gasteiger partial charge in [0.1, 0.15) is 0 Å². The molecule has 0 bridgehead atoms. The van der Waals surface area contributed by atoms with Crippen LogP contribution in [0.25, 0.3) is 0 Å². The number of anilines is 1. The number of hydrogen-bond acceptors (Lipinski definition) is 2. The lowest BCUT2D eigenvalue weighted by atomic mass is 10.1. The van der Waals surface area contributed by atoms with Crippen molar-refractivity contribution in [3.05, 3.63) is 29.3 Å². The molecule has 1 aromatic carbocycles. The first-order chi connectivity index (χ1) is 9.36. The normalized spacial score (nSPS) is 23.8. The molecule has 1 N–H and O–H groups in total. The summed E-state index contributed by atoms with van der Waals surface area (Å²) in [4.78, 5) is 2.60. The molecule has 2 aliphatic rings. The molecule has 0 amide bonds. The Hall–Kier alpha value is -1.02. The predicted molar refractivity (Wildman–Crippen MR) is 82.0 cm³/mol. The quantitative estimate of drug-likeness (QED) is 0.876. The van der Waals surface area contributed by atoms with Crippen molar-refractivity contribution in [3.8, 4) is 0 Å². The van der Waals surface area contributed by atoms with E-state index in [2.05, 4.69) is 35.3 Å². The molecule has 3 rings (SSSR count). The van der Waals surface area contributed by atoms with Crippen molar-refractivity contribution in [2.75, 3.05) is 24.5 Å². The zero-order chi connectivity index (χ0) is 13.1. The molecule has 2 heteroatoms. The van der Waals surface area contributed by atoms with Gasteiger partial charge in [0.05, 0.1) is 0 Å². The van der Waals surface area contributed by atoms with Gasteiger partial charge in [0.15, 0.2) is 0 Å². The number of benzene rings is 1. The molecule has 1 unspecified atom stereocenters. The molecule has 104 valence electrons. The Morgan fingerprint density at radius 2 is 2.05 bits per heavy atom. The highest BCUT2D eigenvalue weighted by atomic mass is 15.1. The molecule has 1 saturated heterocycles. The van der Waals surface area contributed by atoms with Crippen molar-refractivity contribution in [1.29, 1.82) is 0 Å². The van der Waals surface area contributed by atoms with Gasteiger partial charge in [-0.25, -0.2) is 0 Å². The molecular weight excluding hydrogens is 232 g/mol. The maximum Gasteiger partial charge on any atom is 0.0369 e. The number of nitrogens with zero attached hydrogens (tertiary/aromatic N) is 1. The Kier molecular flexibility index (Phi) is 4.07. The van der Waals surface area contributed by atoms with E-state index in [-0.39, 0.29) is 0 Å². The summed E-state index contributed by atoms with van der Waals surface area (Å²) in [5.41, 5.74) is 4.64. The highest BCUT2D eigenvalue weighted by molar-refractivity contribution is 5.52. The van der Waals surface area contributed by atoms with E-state index < -0.39 is 0 Å². The van der Waals surface area contributed by atoms with Crippen LogP contribution in [-0.2, 0) is 12.8 Å². The fourth-order valence-electron chi connectivity index (χ4n) is 3.46. The Labute approximate surface area is 117 Å². The van der Waals surface area contributed by atoms with Crippen LogP contribution >= 0.6 is 0 Å². The van der Waals surface area contributed by atoms with Gasteiger partial charge in [0, 0.05) is 24.8 Å². The molecule has 1 aliphatic heterocycles. The fourth-order valence-corrected chi connectivity index (χ4v) is 3.46. The van der Waals surface area contributed by atoms with Crippen LogP contribution in [0.2, 0.25) is 0 Å². The summed E-state index contributed by atoms with van der Waals surface area (Å²) in [6.45, 7) is 5.85. The van der Waals surface area contributed by atoms with E-state index in [4.69, 9.17) is 0 Å². The summed E-state index contributed by atoms with van der Waals surface area (Å²) >= 11 is 0. The number of hydrogen-bond donors (Lipinski definition) is 1. The monoisotopic (exact) mass is 258 g/mol. The average Bonchev–Trinajstić information content (AvgIpc) is 2.86. The van der Waals surface area contributed by atoms with Crippen LogP contribution in [0.3, 0.4) is 0 Å². The topological polar surface area (TPSA) is 15.3 Å². The highest BCUT2D eigenvalue weighted by Crippen LogP contribution is 2.27. The van der Waals surface area contributed by atoms with E-state index in [1.165, 1.54) is 63.8 Å². The zero-order valence-corrected chi connectivity index (χ0v) is 12.1. The second-order valence-corrected chi connectivity index (χ2v) is 6.00. The third-order valence-corrected chi connectivity index (χ3v) is 4.73. The van der Waals surface area contributed by atoms with Crippen molar-refractivity contribution in [2.45, 2.75) is 51.5 Å². The van der Waals surface area contributed by atoms with Crippen molar-refractivity contribution in [3.63, 3.8) is 0 Å². The molecule has 19 heavy (non-hydrogen) atoms. The van der Waals surface area contributed by atoms with Gasteiger partial charge in [-0.1, -0.05) is 13.0 Å². The minimum Gasteiger partial charge on any atom is -0.371 e. The van der Waals surface area contributed by atoms with E-state index >= 15 is 0 Å². The number of rotatable bonds is 2. The predicted octanol–water partition coefficient (Wildman–Crippen LogP) is 3.14.